The summed E-state index contributed by atoms with van der Waals surface area (Å²) in [7, 11) is 0. The van der Waals surface area contributed by atoms with Crippen LogP contribution in [-0.2, 0) is 4.79 Å². The van der Waals surface area contributed by atoms with Gasteiger partial charge in [-0.3, -0.25) is 4.79 Å². The van der Waals surface area contributed by atoms with Crippen molar-refractivity contribution in [1.82, 2.24) is 9.80 Å². The normalized spacial score (nSPS) is 16.9. The number of rotatable bonds is 3. The smallest absolute Gasteiger partial charge is 0.246 e. The SMILES string of the molecule is CCN1CCN(C(=O)/C=C/c2cc[c]c(Cl)c2Cl)CC1. The Balaban J connectivity index is 1.98. The predicted molar refractivity (Wildman–Crippen MR) is 83.0 cm³/mol. The van der Waals surface area contributed by atoms with Crippen LogP contribution in [0, 0.1) is 6.07 Å². The standard InChI is InChI=1S/C15H17Cl2N2O/c1-2-18-8-10-19(11-9-18)14(20)7-6-12-4-3-5-13(16)15(12)17/h3-4,6-7H,2,8-11H2,1H3/b7-6+. The lowest BCUT2D eigenvalue weighted by Crippen LogP contribution is -2.48. The van der Waals surface area contributed by atoms with E-state index in [4.69, 9.17) is 23.2 Å². The maximum Gasteiger partial charge on any atom is 0.246 e. The van der Waals surface area contributed by atoms with Crippen LogP contribution in [0.2, 0.25) is 10.0 Å². The molecule has 1 aliphatic heterocycles. The van der Waals surface area contributed by atoms with Gasteiger partial charge in [-0.15, -0.1) is 0 Å². The second-order valence-electron chi connectivity index (χ2n) is 4.65. The fourth-order valence-electron chi connectivity index (χ4n) is 2.15. The van der Waals surface area contributed by atoms with E-state index in [1.165, 1.54) is 0 Å². The number of hydrogen-bond donors (Lipinski definition) is 0. The summed E-state index contributed by atoms with van der Waals surface area (Å²) in [5.41, 5.74) is 0.732. The van der Waals surface area contributed by atoms with Crippen molar-refractivity contribution in [3.63, 3.8) is 0 Å². The van der Waals surface area contributed by atoms with Crippen molar-refractivity contribution in [3.8, 4) is 0 Å². The highest BCUT2D eigenvalue weighted by Crippen LogP contribution is 2.25. The Hall–Kier alpha value is -1.03. The molecule has 1 amide bonds. The van der Waals surface area contributed by atoms with Gasteiger partial charge in [0.15, 0.2) is 0 Å². The van der Waals surface area contributed by atoms with Crippen LogP contribution in [0.15, 0.2) is 18.2 Å². The van der Waals surface area contributed by atoms with E-state index in [0.717, 1.165) is 38.3 Å². The van der Waals surface area contributed by atoms with Crippen LogP contribution in [0.4, 0.5) is 0 Å². The molecule has 0 bridgehead atoms. The fraction of sp³-hybridized carbons (Fsp3) is 0.400. The lowest BCUT2D eigenvalue weighted by molar-refractivity contribution is -0.127. The van der Waals surface area contributed by atoms with Crippen molar-refractivity contribution in [2.75, 3.05) is 32.7 Å². The van der Waals surface area contributed by atoms with E-state index in [0.29, 0.717) is 10.0 Å². The molecule has 1 aromatic carbocycles. The van der Waals surface area contributed by atoms with Crippen LogP contribution in [0.5, 0.6) is 0 Å². The summed E-state index contributed by atoms with van der Waals surface area (Å²) in [5.74, 6) is 0.0146. The first kappa shape index (κ1) is 15.4. The molecule has 1 fully saturated rings. The molecule has 0 spiro atoms. The van der Waals surface area contributed by atoms with Gasteiger partial charge in [-0.1, -0.05) is 42.3 Å². The summed E-state index contributed by atoms with van der Waals surface area (Å²) in [6.07, 6.45) is 3.26. The minimum Gasteiger partial charge on any atom is -0.337 e. The lowest BCUT2D eigenvalue weighted by Gasteiger charge is -2.33. The largest absolute Gasteiger partial charge is 0.337 e. The summed E-state index contributed by atoms with van der Waals surface area (Å²) in [4.78, 5) is 16.3. The highest BCUT2D eigenvalue weighted by atomic mass is 35.5. The number of amides is 1. The molecule has 0 unspecified atom stereocenters. The topological polar surface area (TPSA) is 23.6 Å². The Morgan fingerprint density at radius 3 is 2.70 bits per heavy atom. The molecular formula is C15H17Cl2N2O. The Morgan fingerprint density at radius 1 is 1.35 bits per heavy atom. The van der Waals surface area contributed by atoms with Crippen LogP contribution in [0.25, 0.3) is 6.08 Å². The molecule has 1 aromatic rings. The van der Waals surface area contributed by atoms with Gasteiger partial charge in [-0.05, 0) is 18.2 Å². The van der Waals surface area contributed by atoms with E-state index in [1.54, 1.807) is 24.3 Å². The number of carbonyl (C=O) groups excluding carboxylic acids is 1. The third-order valence-electron chi connectivity index (χ3n) is 3.46. The number of nitrogens with zero attached hydrogens (tertiary/aromatic N) is 2. The molecule has 107 valence electrons. The van der Waals surface area contributed by atoms with Crippen molar-refractivity contribution in [3.05, 3.63) is 39.9 Å². The van der Waals surface area contributed by atoms with Crippen molar-refractivity contribution in [2.24, 2.45) is 0 Å². The monoisotopic (exact) mass is 311 g/mol. The third-order valence-corrected chi connectivity index (χ3v) is 4.26. The van der Waals surface area contributed by atoms with E-state index in [1.807, 2.05) is 4.90 Å². The molecule has 3 nitrogen and oxygen atoms in total. The minimum atomic E-state index is 0.0146. The molecule has 0 aliphatic carbocycles. The third kappa shape index (κ3) is 3.75. The van der Waals surface area contributed by atoms with E-state index < -0.39 is 0 Å². The van der Waals surface area contributed by atoms with Crippen LogP contribution >= 0.6 is 23.2 Å². The lowest BCUT2D eigenvalue weighted by atomic mass is 10.2. The first-order valence-electron chi connectivity index (χ1n) is 6.67. The Morgan fingerprint density at radius 2 is 2.05 bits per heavy atom. The zero-order valence-corrected chi connectivity index (χ0v) is 12.9. The maximum absolute atomic E-state index is 12.1. The summed E-state index contributed by atoms with van der Waals surface area (Å²) in [5, 5.41) is 0.798. The Labute approximate surface area is 129 Å². The van der Waals surface area contributed by atoms with Gasteiger partial charge in [0.25, 0.3) is 0 Å². The van der Waals surface area contributed by atoms with Crippen molar-refractivity contribution in [1.29, 1.82) is 0 Å². The van der Waals surface area contributed by atoms with Crippen LogP contribution < -0.4 is 0 Å². The van der Waals surface area contributed by atoms with Gasteiger partial charge in [0, 0.05) is 38.3 Å². The average molecular weight is 312 g/mol. The molecule has 0 N–H and O–H groups in total. The van der Waals surface area contributed by atoms with E-state index in [9.17, 15) is 4.79 Å². The zero-order chi connectivity index (χ0) is 14.5. The molecule has 1 saturated heterocycles. The molecule has 1 radical (unpaired) electrons. The van der Waals surface area contributed by atoms with E-state index in [-0.39, 0.29) is 5.91 Å². The molecule has 0 saturated carbocycles. The van der Waals surface area contributed by atoms with Crippen molar-refractivity contribution in [2.45, 2.75) is 6.92 Å². The second-order valence-corrected chi connectivity index (χ2v) is 5.41. The van der Waals surface area contributed by atoms with Gasteiger partial charge < -0.3 is 9.80 Å². The van der Waals surface area contributed by atoms with E-state index in [2.05, 4.69) is 17.9 Å². The number of likely N-dealkylation sites (N-methyl/N-ethyl adjacent to an activating group) is 1. The van der Waals surface area contributed by atoms with Gasteiger partial charge in [0.05, 0.1) is 10.0 Å². The quantitative estimate of drug-likeness (QED) is 0.801. The zero-order valence-electron chi connectivity index (χ0n) is 11.4. The molecule has 2 rings (SSSR count). The molecule has 1 heterocycles. The number of carbonyl (C=O) groups is 1. The fourth-order valence-corrected chi connectivity index (χ4v) is 2.50. The molecule has 1 aliphatic rings. The summed E-state index contributed by atoms with van der Waals surface area (Å²) < 4.78 is 0. The number of piperazine rings is 1. The average Bonchev–Trinajstić information content (AvgIpc) is 2.48. The summed E-state index contributed by atoms with van der Waals surface area (Å²) in [6.45, 7) is 6.58. The Bertz CT molecular complexity index is 509. The number of benzene rings is 1. The first-order valence-corrected chi connectivity index (χ1v) is 7.42. The highest BCUT2D eigenvalue weighted by molar-refractivity contribution is 6.42. The molecular weight excluding hydrogens is 295 g/mol. The summed E-state index contributed by atoms with van der Waals surface area (Å²) >= 11 is 11.9. The summed E-state index contributed by atoms with van der Waals surface area (Å²) in [6, 6.07) is 6.28. The first-order chi connectivity index (χ1) is 9.61. The van der Waals surface area contributed by atoms with Crippen molar-refractivity contribution < 1.29 is 4.79 Å². The van der Waals surface area contributed by atoms with E-state index >= 15 is 0 Å². The molecule has 20 heavy (non-hydrogen) atoms. The molecule has 5 heteroatoms. The van der Waals surface area contributed by atoms with Gasteiger partial charge in [-0.2, -0.15) is 0 Å². The van der Waals surface area contributed by atoms with Crippen LogP contribution in [0.1, 0.15) is 12.5 Å². The van der Waals surface area contributed by atoms with Crippen LogP contribution in [-0.4, -0.2) is 48.4 Å². The Kier molecular flexibility index (Phi) is 5.46. The predicted octanol–water partition coefficient (Wildman–Crippen LogP) is 2.97. The van der Waals surface area contributed by atoms with Crippen molar-refractivity contribution >= 4 is 35.2 Å². The second kappa shape index (κ2) is 7.11. The van der Waals surface area contributed by atoms with Crippen LogP contribution in [0.3, 0.4) is 0 Å². The van der Waals surface area contributed by atoms with Gasteiger partial charge in [0.1, 0.15) is 0 Å². The maximum atomic E-state index is 12.1. The van der Waals surface area contributed by atoms with Gasteiger partial charge >= 0.3 is 0 Å². The number of hydrogen-bond acceptors (Lipinski definition) is 2. The number of halogens is 2. The highest BCUT2D eigenvalue weighted by Gasteiger charge is 2.18. The van der Waals surface area contributed by atoms with Gasteiger partial charge in [-0.25, -0.2) is 0 Å². The van der Waals surface area contributed by atoms with Gasteiger partial charge in [0.2, 0.25) is 5.91 Å². The molecule has 0 atom stereocenters. The molecule has 0 aromatic heterocycles. The minimum absolute atomic E-state index is 0.0146.